The molecular formula is C23H28FN5O2. The van der Waals surface area contributed by atoms with Crippen LogP contribution in [0, 0.1) is 5.92 Å². The molecular weight excluding hydrogens is 397 g/mol. The Kier molecular flexibility index (Phi) is 5.46. The third-order valence-electron chi connectivity index (χ3n) is 6.89. The number of alkyl halides is 1. The standard InChI is InChI=1S/C23H28FN5O2/c24-18-12-19(29(13-18)22(30)17-7-2-1-3-8-17)14-27-15-20(25-26-27)23(31)28-11-10-16-6-4-5-9-21(16)28/h4-6,9,15,17-19H,1-3,7-8,10-14H2/t18-,19-/m0/s1. The van der Waals surface area contributed by atoms with Gasteiger partial charge in [0.2, 0.25) is 5.91 Å². The second kappa shape index (κ2) is 8.40. The van der Waals surface area contributed by atoms with Crippen LogP contribution in [0.2, 0.25) is 0 Å². The highest BCUT2D eigenvalue weighted by Gasteiger charge is 2.38. The molecule has 1 aromatic heterocycles. The fraction of sp³-hybridized carbons (Fsp3) is 0.565. The molecule has 5 rings (SSSR count). The van der Waals surface area contributed by atoms with Crippen LogP contribution in [0.25, 0.3) is 0 Å². The van der Waals surface area contributed by atoms with Gasteiger partial charge in [-0.15, -0.1) is 5.10 Å². The Labute approximate surface area is 181 Å². The third-order valence-corrected chi connectivity index (χ3v) is 6.89. The van der Waals surface area contributed by atoms with Crippen molar-refractivity contribution in [2.24, 2.45) is 5.92 Å². The Morgan fingerprint density at radius 2 is 1.94 bits per heavy atom. The van der Waals surface area contributed by atoms with Gasteiger partial charge in [-0.3, -0.25) is 9.59 Å². The van der Waals surface area contributed by atoms with Crippen molar-refractivity contribution in [2.75, 3.05) is 18.0 Å². The predicted octanol–water partition coefficient (Wildman–Crippen LogP) is 3.00. The van der Waals surface area contributed by atoms with Gasteiger partial charge >= 0.3 is 0 Å². The number of carbonyl (C=O) groups is 2. The number of benzene rings is 1. The monoisotopic (exact) mass is 425 g/mol. The Morgan fingerprint density at radius 3 is 2.77 bits per heavy atom. The van der Waals surface area contributed by atoms with E-state index >= 15 is 0 Å². The SMILES string of the molecule is O=C(c1cn(C[C@@H]2C[C@H](F)CN2C(=O)C2CCCCC2)nn1)N1CCc2ccccc21. The minimum atomic E-state index is -1.01. The Bertz CT molecular complexity index is 970. The predicted molar refractivity (Wildman–Crippen MR) is 113 cm³/mol. The van der Waals surface area contributed by atoms with Gasteiger partial charge in [0, 0.05) is 24.6 Å². The second-order valence-corrected chi connectivity index (χ2v) is 8.97. The molecule has 1 aromatic carbocycles. The highest BCUT2D eigenvalue weighted by atomic mass is 19.1. The van der Waals surface area contributed by atoms with Gasteiger partial charge in [-0.25, -0.2) is 9.07 Å². The van der Waals surface area contributed by atoms with Crippen LogP contribution in [0.4, 0.5) is 10.1 Å². The number of carbonyl (C=O) groups excluding carboxylic acids is 2. The number of amides is 2. The molecule has 7 nitrogen and oxygen atoms in total. The summed E-state index contributed by atoms with van der Waals surface area (Å²) in [4.78, 5) is 29.4. The summed E-state index contributed by atoms with van der Waals surface area (Å²) in [6.45, 7) is 1.14. The van der Waals surface area contributed by atoms with Crippen LogP contribution in [-0.4, -0.2) is 57.0 Å². The van der Waals surface area contributed by atoms with Gasteiger partial charge in [0.15, 0.2) is 5.69 Å². The lowest BCUT2D eigenvalue weighted by Gasteiger charge is -2.30. The number of fused-ring (bicyclic) bond motifs is 1. The van der Waals surface area contributed by atoms with E-state index in [2.05, 4.69) is 10.3 Å². The minimum Gasteiger partial charge on any atom is -0.335 e. The van der Waals surface area contributed by atoms with Gasteiger partial charge in [0.1, 0.15) is 6.17 Å². The molecule has 3 heterocycles. The van der Waals surface area contributed by atoms with E-state index in [1.807, 2.05) is 24.3 Å². The molecule has 164 valence electrons. The number of aromatic nitrogens is 3. The summed E-state index contributed by atoms with van der Waals surface area (Å²) in [7, 11) is 0. The maximum atomic E-state index is 14.2. The van der Waals surface area contributed by atoms with Crippen LogP contribution >= 0.6 is 0 Å². The molecule has 2 amide bonds. The van der Waals surface area contributed by atoms with Crippen LogP contribution in [0.15, 0.2) is 30.5 Å². The summed E-state index contributed by atoms with van der Waals surface area (Å²) in [6.07, 6.45) is 6.87. The van der Waals surface area contributed by atoms with Crippen molar-refractivity contribution in [3.8, 4) is 0 Å². The Morgan fingerprint density at radius 1 is 1.13 bits per heavy atom. The molecule has 2 aliphatic heterocycles. The van der Waals surface area contributed by atoms with Gasteiger partial charge in [-0.1, -0.05) is 42.7 Å². The number of hydrogen-bond acceptors (Lipinski definition) is 4. The van der Waals surface area contributed by atoms with Crippen LogP contribution in [-0.2, 0) is 17.8 Å². The molecule has 0 N–H and O–H groups in total. The largest absolute Gasteiger partial charge is 0.335 e. The van der Waals surface area contributed by atoms with Crippen molar-refractivity contribution in [2.45, 2.75) is 63.7 Å². The molecule has 0 spiro atoms. The van der Waals surface area contributed by atoms with E-state index in [1.54, 1.807) is 20.7 Å². The lowest BCUT2D eigenvalue weighted by Crippen LogP contribution is -2.42. The summed E-state index contributed by atoms with van der Waals surface area (Å²) in [5.74, 6) is -0.0827. The first-order valence-corrected chi connectivity index (χ1v) is 11.3. The first kappa shape index (κ1) is 20.2. The Balaban J connectivity index is 1.27. The summed E-state index contributed by atoms with van der Waals surface area (Å²) in [6, 6.07) is 7.63. The van der Waals surface area contributed by atoms with Gasteiger partial charge < -0.3 is 9.80 Å². The normalized spacial score (nSPS) is 23.9. The van der Waals surface area contributed by atoms with E-state index in [1.165, 1.54) is 6.42 Å². The molecule has 1 saturated heterocycles. The van der Waals surface area contributed by atoms with Crippen molar-refractivity contribution in [1.29, 1.82) is 0 Å². The van der Waals surface area contributed by atoms with Crippen molar-refractivity contribution in [3.63, 3.8) is 0 Å². The molecule has 2 atom stereocenters. The number of halogens is 1. The van der Waals surface area contributed by atoms with Gasteiger partial charge in [0.25, 0.3) is 5.91 Å². The molecule has 31 heavy (non-hydrogen) atoms. The minimum absolute atomic E-state index is 0.0182. The van der Waals surface area contributed by atoms with Crippen molar-refractivity contribution in [1.82, 2.24) is 19.9 Å². The zero-order chi connectivity index (χ0) is 21.4. The number of rotatable bonds is 4. The van der Waals surface area contributed by atoms with E-state index in [9.17, 15) is 14.0 Å². The maximum Gasteiger partial charge on any atom is 0.280 e. The number of likely N-dealkylation sites (tertiary alicyclic amines) is 1. The summed E-state index contributed by atoms with van der Waals surface area (Å²) < 4.78 is 15.8. The van der Waals surface area contributed by atoms with E-state index in [-0.39, 0.29) is 36.0 Å². The average Bonchev–Trinajstić information content (AvgIpc) is 3.52. The molecule has 0 bridgehead atoms. The zero-order valence-electron chi connectivity index (χ0n) is 17.6. The van der Waals surface area contributed by atoms with Crippen molar-refractivity contribution in [3.05, 3.63) is 41.7 Å². The summed E-state index contributed by atoms with van der Waals surface area (Å²) >= 11 is 0. The quantitative estimate of drug-likeness (QED) is 0.755. The molecule has 0 unspecified atom stereocenters. The fourth-order valence-corrected chi connectivity index (χ4v) is 5.28. The molecule has 3 aliphatic rings. The topological polar surface area (TPSA) is 71.3 Å². The zero-order valence-corrected chi connectivity index (χ0v) is 17.6. The smallest absolute Gasteiger partial charge is 0.280 e. The first-order chi connectivity index (χ1) is 15.1. The highest BCUT2D eigenvalue weighted by molar-refractivity contribution is 6.05. The van der Waals surface area contributed by atoms with Crippen molar-refractivity contribution < 1.29 is 14.0 Å². The van der Waals surface area contributed by atoms with Crippen molar-refractivity contribution >= 4 is 17.5 Å². The maximum absolute atomic E-state index is 14.2. The molecule has 2 fully saturated rings. The van der Waals surface area contributed by atoms with E-state index in [0.29, 0.717) is 19.5 Å². The van der Waals surface area contributed by atoms with Crippen LogP contribution in [0.1, 0.15) is 54.6 Å². The number of para-hydroxylation sites is 1. The van der Waals surface area contributed by atoms with Gasteiger partial charge in [-0.05, 0) is 30.9 Å². The number of hydrogen-bond donors (Lipinski definition) is 0. The summed E-state index contributed by atoms with van der Waals surface area (Å²) in [5, 5.41) is 8.20. The lowest BCUT2D eigenvalue weighted by molar-refractivity contribution is -0.137. The van der Waals surface area contributed by atoms with E-state index < -0.39 is 6.17 Å². The lowest BCUT2D eigenvalue weighted by atomic mass is 9.88. The second-order valence-electron chi connectivity index (χ2n) is 8.97. The fourth-order valence-electron chi connectivity index (χ4n) is 5.28. The van der Waals surface area contributed by atoms with Crippen LogP contribution < -0.4 is 4.90 Å². The van der Waals surface area contributed by atoms with Gasteiger partial charge in [-0.2, -0.15) is 0 Å². The number of anilines is 1. The van der Waals surface area contributed by atoms with E-state index in [4.69, 9.17) is 0 Å². The number of nitrogens with zero attached hydrogens (tertiary/aromatic N) is 5. The summed E-state index contributed by atoms with van der Waals surface area (Å²) in [5.41, 5.74) is 2.35. The average molecular weight is 426 g/mol. The van der Waals surface area contributed by atoms with Crippen LogP contribution in [0.3, 0.4) is 0 Å². The van der Waals surface area contributed by atoms with Crippen LogP contribution in [0.5, 0.6) is 0 Å². The highest BCUT2D eigenvalue weighted by Crippen LogP contribution is 2.31. The molecule has 8 heteroatoms. The third kappa shape index (κ3) is 3.95. The molecule has 1 aliphatic carbocycles. The first-order valence-electron chi connectivity index (χ1n) is 11.3. The molecule has 0 radical (unpaired) electrons. The molecule has 2 aromatic rings. The van der Waals surface area contributed by atoms with E-state index in [0.717, 1.165) is 43.4 Å². The van der Waals surface area contributed by atoms with Gasteiger partial charge in [0.05, 0.1) is 25.3 Å². The molecule has 1 saturated carbocycles. The Hall–Kier alpha value is -2.77.